The number of nitrogens with zero attached hydrogens (tertiary/aromatic N) is 7. The third-order valence-corrected chi connectivity index (χ3v) is 1.97. The first-order chi connectivity index (χ1) is 7.33. The smallest absolute Gasteiger partial charge is 0.272 e. The molecule has 0 atom stereocenters. The molecule has 3 aromatic heterocycles. The van der Waals surface area contributed by atoms with Crippen LogP contribution in [0.4, 0.5) is 0 Å². The summed E-state index contributed by atoms with van der Waals surface area (Å²) in [6, 6.07) is 0. The number of fused-ring (bicyclic) bond motifs is 1. The fourth-order valence-electron chi connectivity index (χ4n) is 1.28. The van der Waals surface area contributed by atoms with E-state index < -0.39 is 0 Å². The SMILES string of the molecule is Cc1cn(-c2nnc3nccn3n2)cn1. The van der Waals surface area contributed by atoms with Gasteiger partial charge in [0.15, 0.2) is 0 Å². The molecule has 0 amide bonds. The van der Waals surface area contributed by atoms with E-state index in [1.54, 1.807) is 27.8 Å². The Hall–Kier alpha value is -2.31. The highest BCUT2D eigenvalue weighted by Crippen LogP contribution is 2.01. The van der Waals surface area contributed by atoms with E-state index in [4.69, 9.17) is 0 Å². The Balaban J connectivity index is 2.18. The minimum Gasteiger partial charge on any atom is -0.272 e. The van der Waals surface area contributed by atoms with E-state index in [9.17, 15) is 0 Å². The highest BCUT2D eigenvalue weighted by atomic mass is 15.4. The first-order valence-electron chi connectivity index (χ1n) is 4.38. The van der Waals surface area contributed by atoms with Gasteiger partial charge in [-0.2, -0.15) is 4.52 Å². The standard InChI is InChI=1S/C8H7N7/c1-6-4-14(5-10-6)8-12-11-7-9-2-3-15(7)13-8/h2-5H,1H3. The normalized spacial score (nSPS) is 11.0. The predicted molar refractivity (Wildman–Crippen MR) is 50.4 cm³/mol. The maximum Gasteiger partial charge on any atom is 0.272 e. The van der Waals surface area contributed by atoms with Gasteiger partial charge in [0.05, 0.1) is 11.9 Å². The lowest BCUT2D eigenvalue weighted by molar-refractivity contribution is 0.762. The van der Waals surface area contributed by atoms with Crippen molar-refractivity contribution in [1.29, 1.82) is 0 Å². The molecule has 0 aromatic carbocycles. The van der Waals surface area contributed by atoms with Crippen molar-refractivity contribution in [2.45, 2.75) is 6.92 Å². The maximum atomic E-state index is 4.22. The van der Waals surface area contributed by atoms with Crippen molar-refractivity contribution in [1.82, 2.24) is 34.3 Å². The van der Waals surface area contributed by atoms with Crippen LogP contribution in [0.2, 0.25) is 0 Å². The van der Waals surface area contributed by atoms with Crippen LogP contribution < -0.4 is 0 Å². The second-order valence-corrected chi connectivity index (χ2v) is 3.09. The summed E-state index contributed by atoms with van der Waals surface area (Å²) in [6.07, 6.45) is 6.83. The number of aryl methyl sites for hydroxylation is 1. The zero-order valence-corrected chi connectivity index (χ0v) is 7.94. The largest absolute Gasteiger partial charge is 0.272 e. The van der Waals surface area contributed by atoms with Crippen LogP contribution in [0.1, 0.15) is 5.69 Å². The Kier molecular flexibility index (Phi) is 1.52. The summed E-state index contributed by atoms with van der Waals surface area (Å²) in [6.45, 7) is 1.90. The molecule has 0 unspecified atom stereocenters. The molecule has 0 spiro atoms. The molecule has 0 aliphatic rings. The van der Waals surface area contributed by atoms with Gasteiger partial charge in [-0.05, 0) is 6.92 Å². The van der Waals surface area contributed by atoms with Gasteiger partial charge in [0, 0.05) is 12.4 Å². The fraction of sp³-hybridized carbons (Fsp3) is 0.125. The first-order valence-corrected chi connectivity index (χ1v) is 4.38. The lowest BCUT2D eigenvalue weighted by atomic mass is 10.6. The summed E-state index contributed by atoms with van der Waals surface area (Å²) in [5.41, 5.74) is 0.907. The quantitative estimate of drug-likeness (QED) is 0.554. The van der Waals surface area contributed by atoms with Crippen molar-refractivity contribution in [2.75, 3.05) is 0 Å². The Labute approximate surface area is 84.4 Å². The van der Waals surface area contributed by atoms with Crippen LogP contribution in [-0.2, 0) is 0 Å². The molecule has 0 bridgehead atoms. The van der Waals surface area contributed by atoms with Crippen LogP contribution in [0.15, 0.2) is 24.9 Å². The van der Waals surface area contributed by atoms with E-state index in [0.29, 0.717) is 11.7 Å². The van der Waals surface area contributed by atoms with E-state index >= 15 is 0 Å². The average Bonchev–Trinajstić information content (AvgIpc) is 2.84. The van der Waals surface area contributed by atoms with Gasteiger partial charge in [-0.3, -0.25) is 4.57 Å². The maximum absolute atomic E-state index is 4.22. The van der Waals surface area contributed by atoms with Crippen molar-refractivity contribution in [3.05, 3.63) is 30.6 Å². The molecule has 3 rings (SSSR count). The van der Waals surface area contributed by atoms with Crippen molar-refractivity contribution in [3.63, 3.8) is 0 Å². The van der Waals surface area contributed by atoms with Crippen LogP contribution in [0.25, 0.3) is 11.7 Å². The van der Waals surface area contributed by atoms with Gasteiger partial charge >= 0.3 is 0 Å². The molecule has 0 N–H and O–H groups in total. The molecule has 7 heteroatoms. The second-order valence-electron chi connectivity index (χ2n) is 3.09. The fourth-order valence-corrected chi connectivity index (χ4v) is 1.28. The van der Waals surface area contributed by atoms with Gasteiger partial charge in [-0.1, -0.05) is 0 Å². The number of imidazole rings is 2. The monoisotopic (exact) mass is 201 g/mol. The van der Waals surface area contributed by atoms with E-state index in [-0.39, 0.29) is 0 Å². The minimum atomic E-state index is 0.473. The highest BCUT2D eigenvalue weighted by molar-refractivity contribution is 5.24. The summed E-state index contributed by atoms with van der Waals surface area (Å²) in [4.78, 5) is 8.05. The van der Waals surface area contributed by atoms with Crippen LogP contribution in [0.5, 0.6) is 0 Å². The summed E-state index contributed by atoms with van der Waals surface area (Å²) in [7, 11) is 0. The number of hydrogen-bond acceptors (Lipinski definition) is 5. The van der Waals surface area contributed by atoms with Crippen LogP contribution in [0, 0.1) is 6.92 Å². The van der Waals surface area contributed by atoms with Gasteiger partial charge in [0.25, 0.3) is 11.7 Å². The molecule has 0 radical (unpaired) electrons. The van der Waals surface area contributed by atoms with Gasteiger partial charge in [0.2, 0.25) is 0 Å². The number of hydrogen-bond donors (Lipinski definition) is 0. The summed E-state index contributed by atoms with van der Waals surface area (Å²) in [5, 5.41) is 12.1. The molecule has 0 fully saturated rings. The first kappa shape index (κ1) is 8.04. The summed E-state index contributed by atoms with van der Waals surface area (Å²) >= 11 is 0. The van der Waals surface area contributed by atoms with Gasteiger partial charge < -0.3 is 0 Å². The highest BCUT2D eigenvalue weighted by Gasteiger charge is 2.03. The molecule has 7 nitrogen and oxygen atoms in total. The van der Waals surface area contributed by atoms with E-state index in [1.165, 1.54) is 0 Å². The van der Waals surface area contributed by atoms with Crippen LogP contribution >= 0.6 is 0 Å². The zero-order chi connectivity index (χ0) is 10.3. The molecular weight excluding hydrogens is 194 g/mol. The summed E-state index contributed by atoms with van der Waals surface area (Å²) < 4.78 is 3.28. The van der Waals surface area contributed by atoms with E-state index in [2.05, 4.69) is 25.3 Å². The molecule has 15 heavy (non-hydrogen) atoms. The van der Waals surface area contributed by atoms with Crippen molar-refractivity contribution >= 4 is 5.78 Å². The molecule has 0 aliphatic heterocycles. The van der Waals surface area contributed by atoms with Gasteiger partial charge in [-0.15, -0.1) is 15.3 Å². The third kappa shape index (κ3) is 1.25. The third-order valence-electron chi connectivity index (χ3n) is 1.97. The number of aromatic nitrogens is 7. The van der Waals surface area contributed by atoms with Crippen molar-refractivity contribution in [2.24, 2.45) is 0 Å². The zero-order valence-electron chi connectivity index (χ0n) is 7.94. The van der Waals surface area contributed by atoms with Crippen LogP contribution in [-0.4, -0.2) is 34.3 Å². The molecule has 3 aromatic rings. The lowest BCUT2D eigenvalue weighted by Crippen LogP contribution is -2.05. The van der Waals surface area contributed by atoms with Crippen LogP contribution in [0.3, 0.4) is 0 Å². The molecule has 0 aliphatic carbocycles. The Morgan fingerprint density at radius 2 is 2.13 bits per heavy atom. The Morgan fingerprint density at radius 3 is 2.93 bits per heavy atom. The minimum absolute atomic E-state index is 0.473. The molecule has 3 heterocycles. The van der Waals surface area contributed by atoms with Gasteiger partial charge in [-0.25, -0.2) is 9.97 Å². The Bertz CT molecular complexity index is 608. The van der Waals surface area contributed by atoms with Gasteiger partial charge in [0.1, 0.15) is 6.33 Å². The summed E-state index contributed by atoms with van der Waals surface area (Å²) in [5.74, 6) is 0.955. The van der Waals surface area contributed by atoms with E-state index in [1.807, 2.05) is 13.1 Å². The molecule has 0 saturated carbocycles. The number of rotatable bonds is 1. The van der Waals surface area contributed by atoms with Crippen molar-refractivity contribution < 1.29 is 0 Å². The van der Waals surface area contributed by atoms with E-state index in [0.717, 1.165) is 5.69 Å². The molecule has 0 saturated heterocycles. The topological polar surface area (TPSA) is 73.8 Å². The predicted octanol–water partition coefficient (Wildman–Crippen LogP) is 0.0134. The van der Waals surface area contributed by atoms with Crippen molar-refractivity contribution in [3.8, 4) is 5.95 Å². The average molecular weight is 201 g/mol. The molecular formula is C8H7N7. The Morgan fingerprint density at radius 1 is 1.20 bits per heavy atom. The molecule has 74 valence electrons. The second kappa shape index (κ2) is 2.84. The lowest BCUT2D eigenvalue weighted by Gasteiger charge is -1.97.